The summed E-state index contributed by atoms with van der Waals surface area (Å²) in [5.41, 5.74) is 10.6. The molecule has 0 bridgehead atoms. The number of nitrogens with zero attached hydrogens (tertiary/aromatic N) is 3. The third-order valence-corrected chi connectivity index (χ3v) is 3.85. The van der Waals surface area contributed by atoms with Gasteiger partial charge < -0.3 is 10.9 Å². The van der Waals surface area contributed by atoms with E-state index >= 15 is 0 Å². The van der Waals surface area contributed by atoms with Crippen LogP contribution in [0.15, 0.2) is 23.5 Å². The Hall–Kier alpha value is -1.66. The molecule has 4 N–H and O–H groups in total. The van der Waals surface area contributed by atoms with Crippen LogP contribution in [-0.4, -0.2) is 33.1 Å². The molecule has 1 saturated heterocycles. The van der Waals surface area contributed by atoms with E-state index in [2.05, 4.69) is 34.4 Å². The molecule has 1 aliphatic heterocycles. The van der Waals surface area contributed by atoms with Crippen molar-refractivity contribution in [2.24, 2.45) is 10.9 Å². The molecule has 2 unspecified atom stereocenters. The second-order valence-electron chi connectivity index (χ2n) is 5.41. The lowest BCUT2D eigenvalue weighted by Gasteiger charge is -2.39. The van der Waals surface area contributed by atoms with E-state index in [0.29, 0.717) is 24.3 Å². The molecule has 20 heavy (non-hydrogen) atoms. The van der Waals surface area contributed by atoms with Gasteiger partial charge in [0.1, 0.15) is 5.69 Å². The van der Waals surface area contributed by atoms with Crippen LogP contribution >= 0.6 is 0 Å². The standard InChI is InChI=1S/C14H23N5O/c1-10-4-3-5-11(2)19(10)17-9-12-6-7-16-13(8-12)14(15)18-20/h6-8,10-11,17,20H,3-5,9H2,1-2H3,(H2,15,18). The average molecular weight is 277 g/mol. The number of nitrogens with two attached hydrogens (primary N) is 1. The van der Waals surface area contributed by atoms with Gasteiger partial charge in [0.2, 0.25) is 0 Å². The molecular weight excluding hydrogens is 254 g/mol. The summed E-state index contributed by atoms with van der Waals surface area (Å²) in [6.07, 6.45) is 5.42. The highest BCUT2D eigenvalue weighted by Crippen LogP contribution is 2.20. The Morgan fingerprint density at radius 3 is 2.85 bits per heavy atom. The Morgan fingerprint density at radius 1 is 1.50 bits per heavy atom. The summed E-state index contributed by atoms with van der Waals surface area (Å²) >= 11 is 0. The van der Waals surface area contributed by atoms with Gasteiger partial charge in [0.25, 0.3) is 0 Å². The molecule has 0 aromatic carbocycles. The quantitative estimate of drug-likeness (QED) is 0.335. The Morgan fingerprint density at radius 2 is 2.20 bits per heavy atom. The van der Waals surface area contributed by atoms with Crippen molar-refractivity contribution in [1.29, 1.82) is 0 Å². The third kappa shape index (κ3) is 3.46. The molecule has 0 saturated carbocycles. The van der Waals surface area contributed by atoms with Crippen LogP contribution in [0.5, 0.6) is 0 Å². The number of piperidine rings is 1. The largest absolute Gasteiger partial charge is 0.409 e. The number of hydrogen-bond donors (Lipinski definition) is 3. The van der Waals surface area contributed by atoms with Gasteiger partial charge in [-0.25, -0.2) is 5.01 Å². The van der Waals surface area contributed by atoms with Gasteiger partial charge >= 0.3 is 0 Å². The number of hydrazine groups is 1. The number of aromatic nitrogens is 1. The fourth-order valence-corrected chi connectivity index (χ4v) is 2.69. The molecule has 110 valence electrons. The molecule has 0 spiro atoms. The fraction of sp³-hybridized carbons (Fsp3) is 0.571. The van der Waals surface area contributed by atoms with E-state index in [0.717, 1.165) is 5.56 Å². The van der Waals surface area contributed by atoms with Crippen LogP contribution in [0, 0.1) is 0 Å². The van der Waals surface area contributed by atoms with Crippen molar-refractivity contribution in [1.82, 2.24) is 15.4 Å². The molecule has 1 aromatic heterocycles. The second-order valence-corrected chi connectivity index (χ2v) is 5.41. The molecule has 1 fully saturated rings. The van der Waals surface area contributed by atoms with E-state index in [1.165, 1.54) is 19.3 Å². The second kappa shape index (κ2) is 6.67. The molecule has 2 heterocycles. The van der Waals surface area contributed by atoms with E-state index < -0.39 is 0 Å². The minimum atomic E-state index is 0.0339. The molecular formula is C14H23N5O. The summed E-state index contributed by atoms with van der Waals surface area (Å²) in [6.45, 7) is 5.21. The number of rotatable bonds is 4. The van der Waals surface area contributed by atoms with Gasteiger partial charge in [0, 0.05) is 24.8 Å². The monoisotopic (exact) mass is 277 g/mol. The van der Waals surface area contributed by atoms with Crippen LogP contribution < -0.4 is 11.2 Å². The van der Waals surface area contributed by atoms with Gasteiger partial charge in [-0.1, -0.05) is 11.6 Å². The normalized spacial score (nSPS) is 24.8. The number of pyridine rings is 1. The van der Waals surface area contributed by atoms with Crippen molar-refractivity contribution in [3.05, 3.63) is 29.6 Å². The Bertz CT molecular complexity index is 466. The molecule has 6 heteroatoms. The molecule has 6 nitrogen and oxygen atoms in total. The first-order chi connectivity index (χ1) is 9.61. The van der Waals surface area contributed by atoms with Crippen LogP contribution in [0.2, 0.25) is 0 Å². The molecule has 0 amide bonds. The van der Waals surface area contributed by atoms with Crippen LogP contribution in [0.4, 0.5) is 0 Å². The smallest absolute Gasteiger partial charge is 0.188 e. The first-order valence-corrected chi connectivity index (χ1v) is 7.06. The van der Waals surface area contributed by atoms with Gasteiger partial charge in [-0.05, 0) is 44.4 Å². The predicted octanol–water partition coefficient (Wildman–Crippen LogP) is 1.44. The number of nitrogens with one attached hydrogen (secondary N) is 1. The third-order valence-electron chi connectivity index (χ3n) is 3.85. The highest BCUT2D eigenvalue weighted by atomic mass is 16.4. The molecule has 2 atom stereocenters. The van der Waals surface area contributed by atoms with Crippen molar-refractivity contribution in [2.75, 3.05) is 0 Å². The van der Waals surface area contributed by atoms with Crippen LogP contribution in [0.3, 0.4) is 0 Å². The maximum absolute atomic E-state index is 8.68. The van der Waals surface area contributed by atoms with E-state index in [9.17, 15) is 0 Å². The molecule has 1 aliphatic rings. The van der Waals surface area contributed by atoms with Crippen molar-refractivity contribution in [2.45, 2.75) is 51.7 Å². The van der Waals surface area contributed by atoms with Gasteiger partial charge in [-0.2, -0.15) is 0 Å². The topological polar surface area (TPSA) is 86.8 Å². The summed E-state index contributed by atoms with van der Waals surface area (Å²) in [5.74, 6) is 0.0339. The van der Waals surface area contributed by atoms with Crippen molar-refractivity contribution < 1.29 is 5.21 Å². The van der Waals surface area contributed by atoms with Crippen LogP contribution in [0.1, 0.15) is 44.4 Å². The van der Waals surface area contributed by atoms with Gasteiger partial charge in [0.05, 0.1) is 0 Å². The maximum Gasteiger partial charge on any atom is 0.188 e. The molecule has 0 aliphatic carbocycles. The number of hydrogen-bond acceptors (Lipinski definition) is 5. The zero-order chi connectivity index (χ0) is 14.5. The summed E-state index contributed by atoms with van der Waals surface area (Å²) in [7, 11) is 0. The summed E-state index contributed by atoms with van der Waals surface area (Å²) in [4.78, 5) is 4.08. The SMILES string of the molecule is CC1CCCC(C)N1NCc1ccnc(/C(N)=N/O)c1. The highest BCUT2D eigenvalue weighted by molar-refractivity contribution is 5.95. The van der Waals surface area contributed by atoms with Crippen LogP contribution in [0.25, 0.3) is 0 Å². The summed E-state index contributed by atoms with van der Waals surface area (Å²) in [6, 6.07) is 4.86. The van der Waals surface area contributed by atoms with Crippen molar-refractivity contribution >= 4 is 5.84 Å². The Balaban J connectivity index is 2.00. The van der Waals surface area contributed by atoms with Crippen molar-refractivity contribution in [3.8, 4) is 0 Å². The number of amidine groups is 1. The minimum Gasteiger partial charge on any atom is -0.409 e. The first-order valence-electron chi connectivity index (χ1n) is 7.06. The molecule has 2 rings (SSSR count). The molecule has 0 radical (unpaired) electrons. The highest BCUT2D eigenvalue weighted by Gasteiger charge is 2.24. The first kappa shape index (κ1) is 14.7. The predicted molar refractivity (Wildman–Crippen MR) is 78.2 cm³/mol. The number of oxime groups is 1. The van der Waals surface area contributed by atoms with E-state index in [-0.39, 0.29) is 5.84 Å². The maximum atomic E-state index is 8.68. The average Bonchev–Trinajstić information content (AvgIpc) is 2.46. The minimum absolute atomic E-state index is 0.0339. The van der Waals surface area contributed by atoms with E-state index in [1.54, 1.807) is 6.20 Å². The fourth-order valence-electron chi connectivity index (χ4n) is 2.69. The summed E-state index contributed by atoms with van der Waals surface area (Å²) in [5, 5.41) is 14.0. The van der Waals surface area contributed by atoms with E-state index in [4.69, 9.17) is 10.9 Å². The summed E-state index contributed by atoms with van der Waals surface area (Å²) < 4.78 is 0. The van der Waals surface area contributed by atoms with Gasteiger partial charge in [0.15, 0.2) is 5.84 Å². The van der Waals surface area contributed by atoms with Crippen molar-refractivity contribution in [3.63, 3.8) is 0 Å². The lowest BCUT2D eigenvalue weighted by atomic mass is 10.00. The lowest BCUT2D eigenvalue weighted by molar-refractivity contribution is 0.0435. The molecule has 1 aromatic rings. The van der Waals surface area contributed by atoms with Gasteiger partial charge in [-0.15, -0.1) is 0 Å². The Labute approximate surface area is 119 Å². The Kier molecular flexibility index (Phi) is 4.92. The van der Waals surface area contributed by atoms with E-state index in [1.807, 2.05) is 12.1 Å². The zero-order valence-electron chi connectivity index (χ0n) is 12.1. The zero-order valence-corrected chi connectivity index (χ0v) is 12.1. The lowest BCUT2D eigenvalue weighted by Crippen LogP contribution is -2.51. The van der Waals surface area contributed by atoms with Crippen LogP contribution in [-0.2, 0) is 6.54 Å². The van der Waals surface area contributed by atoms with Gasteiger partial charge in [-0.3, -0.25) is 10.4 Å².